The molecule has 0 unspecified atom stereocenters. The third kappa shape index (κ3) is 2.93. The fraction of sp³-hybridized carbons (Fsp3) is 0.583. The number of amides is 1. The largest absolute Gasteiger partial charge is 0.475 e. The molecular weight excluding hydrogens is 250 g/mol. The highest BCUT2D eigenvalue weighted by atomic mass is 16.5. The Morgan fingerprint density at radius 1 is 1.42 bits per heavy atom. The zero-order chi connectivity index (χ0) is 14.0. The Hall–Kier alpha value is -1.89. The highest BCUT2D eigenvalue weighted by Crippen LogP contribution is 2.16. The van der Waals surface area contributed by atoms with Crippen molar-refractivity contribution in [3.05, 3.63) is 17.5 Å². The zero-order valence-electron chi connectivity index (χ0n) is 11.0. The van der Waals surface area contributed by atoms with Gasteiger partial charge in [0.2, 0.25) is 5.76 Å². The molecule has 0 spiro atoms. The minimum Gasteiger partial charge on any atom is -0.475 e. The van der Waals surface area contributed by atoms with Crippen LogP contribution in [0.3, 0.4) is 0 Å². The van der Waals surface area contributed by atoms with Gasteiger partial charge in [-0.3, -0.25) is 4.79 Å². The van der Waals surface area contributed by atoms with Gasteiger partial charge in [-0.15, -0.1) is 0 Å². The molecule has 1 aliphatic rings. The standard InChI is InChI=1S/C12H17N3O4/c1-14(2)8-3-5-15(6-4-8)11(16)9-7-10(12(17)18)19-13-9/h7-8H,3-6H2,1-2H3,(H,17,18). The van der Waals surface area contributed by atoms with E-state index in [0.717, 1.165) is 12.8 Å². The van der Waals surface area contributed by atoms with Crippen LogP contribution in [-0.2, 0) is 0 Å². The lowest BCUT2D eigenvalue weighted by Crippen LogP contribution is -2.44. The van der Waals surface area contributed by atoms with Crippen LogP contribution in [0.1, 0.15) is 33.9 Å². The van der Waals surface area contributed by atoms with Gasteiger partial charge in [0.05, 0.1) is 0 Å². The Kier molecular flexibility index (Phi) is 3.84. The van der Waals surface area contributed by atoms with Crippen molar-refractivity contribution in [3.63, 3.8) is 0 Å². The first kappa shape index (κ1) is 13.5. The van der Waals surface area contributed by atoms with E-state index in [1.54, 1.807) is 4.90 Å². The second kappa shape index (κ2) is 5.40. The summed E-state index contributed by atoms with van der Waals surface area (Å²) < 4.78 is 4.59. The Morgan fingerprint density at radius 3 is 2.53 bits per heavy atom. The van der Waals surface area contributed by atoms with Crippen molar-refractivity contribution in [3.8, 4) is 0 Å². The normalized spacial score (nSPS) is 16.9. The maximum absolute atomic E-state index is 12.1. The van der Waals surface area contributed by atoms with E-state index in [1.165, 1.54) is 6.07 Å². The monoisotopic (exact) mass is 267 g/mol. The van der Waals surface area contributed by atoms with Gasteiger partial charge in [0, 0.05) is 25.2 Å². The summed E-state index contributed by atoms with van der Waals surface area (Å²) in [7, 11) is 4.05. The molecule has 1 amide bonds. The number of carbonyl (C=O) groups is 2. The number of piperidine rings is 1. The number of rotatable bonds is 3. The molecule has 7 heteroatoms. The molecule has 0 bridgehead atoms. The average Bonchev–Trinajstić information content (AvgIpc) is 2.87. The molecule has 1 N–H and O–H groups in total. The smallest absolute Gasteiger partial charge is 0.374 e. The lowest BCUT2D eigenvalue weighted by atomic mass is 10.0. The first-order valence-electron chi connectivity index (χ1n) is 6.14. The molecule has 1 aromatic heterocycles. The fourth-order valence-electron chi connectivity index (χ4n) is 2.22. The third-order valence-corrected chi connectivity index (χ3v) is 3.42. The maximum Gasteiger partial charge on any atom is 0.374 e. The van der Waals surface area contributed by atoms with Crippen LogP contribution in [0.4, 0.5) is 0 Å². The second-order valence-electron chi connectivity index (χ2n) is 4.87. The maximum atomic E-state index is 12.1. The molecule has 1 aliphatic heterocycles. The number of hydrogen-bond acceptors (Lipinski definition) is 5. The topological polar surface area (TPSA) is 86.9 Å². The highest BCUT2D eigenvalue weighted by molar-refractivity contribution is 5.94. The Bertz CT molecular complexity index is 475. The van der Waals surface area contributed by atoms with Gasteiger partial charge in [-0.05, 0) is 26.9 Å². The van der Waals surface area contributed by atoms with Crippen LogP contribution in [0, 0.1) is 0 Å². The number of nitrogens with zero attached hydrogens (tertiary/aromatic N) is 3. The molecule has 2 heterocycles. The lowest BCUT2D eigenvalue weighted by Gasteiger charge is -2.34. The third-order valence-electron chi connectivity index (χ3n) is 3.42. The van der Waals surface area contributed by atoms with E-state index in [9.17, 15) is 9.59 Å². The SMILES string of the molecule is CN(C)C1CCN(C(=O)c2cc(C(=O)O)on2)CC1. The van der Waals surface area contributed by atoms with E-state index < -0.39 is 5.97 Å². The summed E-state index contributed by atoms with van der Waals surface area (Å²) in [5, 5.41) is 12.2. The number of aromatic nitrogens is 1. The van der Waals surface area contributed by atoms with E-state index in [-0.39, 0.29) is 17.4 Å². The molecule has 1 saturated heterocycles. The van der Waals surface area contributed by atoms with Gasteiger partial charge < -0.3 is 19.4 Å². The summed E-state index contributed by atoms with van der Waals surface area (Å²) in [6.45, 7) is 1.30. The van der Waals surface area contributed by atoms with Crippen molar-refractivity contribution in [2.45, 2.75) is 18.9 Å². The van der Waals surface area contributed by atoms with Crippen molar-refractivity contribution in [1.29, 1.82) is 0 Å². The Morgan fingerprint density at radius 2 is 2.05 bits per heavy atom. The number of carboxylic acids is 1. The van der Waals surface area contributed by atoms with Gasteiger partial charge in [-0.1, -0.05) is 5.16 Å². The summed E-state index contributed by atoms with van der Waals surface area (Å²) in [6.07, 6.45) is 1.81. The van der Waals surface area contributed by atoms with Crippen molar-refractivity contribution in [2.24, 2.45) is 0 Å². The molecule has 104 valence electrons. The Balaban J connectivity index is 1.99. The lowest BCUT2D eigenvalue weighted by molar-refractivity contribution is 0.0634. The van der Waals surface area contributed by atoms with Gasteiger partial charge in [0.15, 0.2) is 5.69 Å². The van der Waals surface area contributed by atoms with Crippen molar-refractivity contribution < 1.29 is 19.2 Å². The van der Waals surface area contributed by atoms with E-state index in [4.69, 9.17) is 5.11 Å². The molecule has 0 atom stereocenters. The molecule has 1 fully saturated rings. The van der Waals surface area contributed by atoms with Crippen LogP contribution < -0.4 is 0 Å². The van der Waals surface area contributed by atoms with Crippen LogP contribution in [0.2, 0.25) is 0 Å². The van der Waals surface area contributed by atoms with Crippen LogP contribution in [-0.4, -0.2) is 65.2 Å². The average molecular weight is 267 g/mol. The zero-order valence-corrected chi connectivity index (χ0v) is 11.0. The van der Waals surface area contributed by atoms with Crippen LogP contribution in [0.5, 0.6) is 0 Å². The molecule has 0 radical (unpaired) electrons. The van der Waals surface area contributed by atoms with E-state index in [0.29, 0.717) is 19.1 Å². The van der Waals surface area contributed by atoms with Gasteiger partial charge in [-0.25, -0.2) is 4.79 Å². The number of carboxylic acid groups (broad SMARTS) is 1. The van der Waals surface area contributed by atoms with Crippen molar-refractivity contribution in [1.82, 2.24) is 15.0 Å². The highest BCUT2D eigenvalue weighted by Gasteiger charge is 2.27. The summed E-state index contributed by atoms with van der Waals surface area (Å²) >= 11 is 0. The fourth-order valence-corrected chi connectivity index (χ4v) is 2.22. The summed E-state index contributed by atoms with van der Waals surface area (Å²) in [4.78, 5) is 26.6. The Labute approximate surface area is 110 Å². The molecular formula is C12H17N3O4. The minimum atomic E-state index is -1.22. The molecule has 1 aromatic rings. The van der Waals surface area contributed by atoms with Crippen molar-refractivity contribution in [2.75, 3.05) is 27.2 Å². The van der Waals surface area contributed by atoms with Crippen LogP contribution in [0.25, 0.3) is 0 Å². The number of hydrogen-bond donors (Lipinski definition) is 1. The molecule has 19 heavy (non-hydrogen) atoms. The number of aromatic carboxylic acids is 1. The first-order valence-corrected chi connectivity index (χ1v) is 6.14. The summed E-state index contributed by atoms with van der Waals surface area (Å²) in [6, 6.07) is 1.65. The van der Waals surface area contributed by atoms with E-state index in [1.807, 2.05) is 14.1 Å². The first-order chi connectivity index (χ1) is 8.99. The number of likely N-dealkylation sites (tertiary alicyclic amines) is 1. The van der Waals surface area contributed by atoms with Gasteiger partial charge >= 0.3 is 5.97 Å². The van der Waals surface area contributed by atoms with Gasteiger partial charge in [0.1, 0.15) is 0 Å². The van der Waals surface area contributed by atoms with Crippen molar-refractivity contribution >= 4 is 11.9 Å². The minimum absolute atomic E-state index is 0.0562. The molecule has 0 aliphatic carbocycles. The molecule has 0 saturated carbocycles. The van der Waals surface area contributed by atoms with Crippen LogP contribution in [0.15, 0.2) is 10.6 Å². The van der Waals surface area contributed by atoms with E-state index >= 15 is 0 Å². The van der Waals surface area contributed by atoms with E-state index in [2.05, 4.69) is 14.6 Å². The molecule has 0 aromatic carbocycles. The van der Waals surface area contributed by atoms with Crippen LogP contribution >= 0.6 is 0 Å². The summed E-state index contributed by atoms with van der Waals surface area (Å²) in [5.41, 5.74) is 0.0562. The summed E-state index contributed by atoms with van der Waals surface area (Å²) in [5.74, 6) is -1.81. The van der Waals surface area contributed by atoms with Gasteiger partial charge in [0.25, 0.3) is 5.91 Å². The van der Waals surface area contributed by atoms with Gasteiger partial charge in [-0.2, -0.15) is 0 Å². The second-order valence-corrected chi connectivity index (χ2v) is 4.87. The molecule has 2 rings (SSSR count). The number of carbonyl (C=O) groups excluding carboxylic acids is 1. The predicted octanol–water partition coefficient (Wildman–Crippen LogP) is 0.539. The molecule has 7 nitrogen and oxygen atoms in total. The quantitative estimate of drug-likeness (QED) is 0.860. The predicted molar refractivity (Wildman–Crippen MR) is 66.1 cm³/mol.